The van der Waals surface area contributed by atoms with Gasteiger partial charge < -0.3 is 26.2 Å². The number of hydrogen-bond donors (Lipinski definition) is 4. The van der Waals surface area contributed by atoms with Gasteiger partial charge in [0.15, 0.2) is 0 Å². The van der Waals surface area contributed by atoms with Crippen LogP contribution in [0.4, 0.5) is 17.5 Å². The third kappa shape index (κ3) is 11.1. The number of aromatic nitrogens is 2. The summed E-state index contributed by atoms with van der Waals surface area (Å²) >= 11 is 0. The monoisotopic (exact) mass is 474 g/mol. The first kappa shape index (κ1) is 27.2. The molecule has 1 aromatic heterocycles. The fraction of sp³-hybridized carbons (Fsp3) is 0.385. The number of benzene rings is 1. The highest BCUT2D eigenvalue weighted by Crippen LogP contribution is 2.17. The molecular formula is C26H34N8O. The van der Waals surface area contributed by atoms with Gasteiger partial charge in [0, 0.05) is 31.7 Å². The van der Waals surface area contributed by atoms with Crippen LogP contribution in [0.5, 0.6) is 0 Å². The van der Waals surface area contributed by atoms with Crippen LogP contribution in [0, 0.1) is 23.2 Å². The van der Waals surface area contributed by atoms with Gasteiger partial charge in [-0.3, -0.25) is 4.79 Å². The summed E-state index contributed by atoms with van der Waals surface area (Å²) in [4.78, 5) is 22.8. The van der Waals surface area contributed by atoms with Crippen molar-refractivity contribution in [3.05, 3.63) is 53.9 Å². The molecule has 4 N–H and O–H groups in total. The Hall–Kier alpha value is -4.08. The minimum absolute atomic E-state index is 0.0442. The van der Waals surface area contributed by atoms with E-state index in [1.54, 1.807) is 24.5 Å². The van der Waals surface area contributed by atoms with Gasteiger partial charge in [0.25, 0.3) is 0 Å². The van der Waals surface area contributed by atoms with Gasteiger partial charge in [-0.05, 0) is 57.4 Å². The van der Waals surface area contributed by atoms with Gasteiger partial charge in [-0.25, -0.2) is 4.98 Å². The number of nitrogens with zero attached hydrogens (tertiary/aromatic N) is 4. The van der Waals surface area contributed by atoms with E-state index in [-0.39, 0.29) is 12.5 Å². The van der Waals surface area contributed by atoms with Crippen molar-refractivity contribution >= 4 is 23.4 Å². The summed E-state index contributed by atoms with van der Waals surface area (Å²) in [5, 5.41) is 21.2. The highest BCUT2D eigenvalue weighted by Gasteiger charge is 2.06. The molecule has 0 spiro atoms. The van der Waals surface area contributed by atoms with Crippen LogP contribution in [0.2, 0.25) is 0 Å². The summed E-state index contributed by atoms with van der Waals surface area (Å²) in [5.41, 5.74) is 2.11. The molecule has 0 aliphatic carbocycles. The smallest absolute Gasteiger partial charge is 0.239 e. The van der Waals surface area contributed by atoms with Gasteiger partial charge >= 0.3 is 0 Å². The van der Waals surface area contributed by atoms with Crippen molar-refractivity contribution in [2.24, 2.45) is 0 Å². The van der Waals surface area contributed by atoms with Crippen molar-refractivity contribution in [2.75, 3.05) is 50.9 Å². The molecule has 1 heterocycles. The summed E-state index contributed by atoms with van der Waals surface area (Å²) in [5.74, 6) is 7.35. The molecule has 0 aliphatic heterocycles. The summed E-state index contributed by atoms with van der Waals surface area (Å²) in [6, 6.07) is 9.20. The van der Waals surface area contributed by atoms with Crippen molar-refractivity contribution in [1.29, 1.82) is 5.26 Å². The van der Waals surface area contributed by atoms with Crippen molar-refractivity contribution in [2.45, 2.75) is 26.2 Å². The molecule has 2 rings (SSSR count). The number of likely N-dealkylation sites (N-methyl/N-ethyl adjacent to an activating group) is 1. The zero-order valence-electron chi connectivity index (χ0n) is 20.7. The topological polar surface area (TPSA) is 118 Å². The highest BCUT2D eigenvalue weighted by molar-refractivity contribution is 5.78. The van der Waals surface area contributed by atoms with Gasteiger partial charge in [-0.2, -0.15) is 10.2 Å². The average Bonchev–Trinajstić information content (AvgIpc) is 2.85. The van der Waals surface area contributed by atoms with Crippen LogP contribution >= 0.6 is 0 Å². The molecule has 2 aromatic rings. The Morgan fingerprint density at radius 3 is 2.71 bits per heavy atom. The SMILES string of the molecule is CCCNc1nc(Nc2ccc(C#N)cc2)ncc1C#CCCCNC(=O)CN/C=C\CN(C)C. The number of carbonyl (C=O) groups is 1. The maximum Gasteiger partial charge on any atom is 0.239 e. The van der Waals surface area contributed by atoms with Gasteiger partial charge in [0.1, 0.15) is 5.82 Å². The van der Waals surface area contributed by atoms with Crippen molar-refractivity contribution in [1.82, 2.24) is 25.5 Å². The van der Waals surface area contributed by atoms with Crippen molar-refractivity contribution in [3.63, 3.8) is 0 Å². The van der Waals surface area contributed by atoms with Crippen molar-refractivity contribution < 1.29 is 4.79 Å². The summed E-state index contributed by atoms with van der Waals surface area (Å²) in [7, 11) is 3.97. The number of rotatable bonds is 13. The van der Waals surface area contributed by atoms with E-state index in [4.69, 9.17) is 5.26 Å². The molecule has 1 aromatic carbocycles. The predicted molar refractivity (Wildman–Crippen MR) is 140 cm³/mol. The van der Waals surface area contributed by atoms with Crippen LogP contribution in [0.1, 0.15) is 37.3 Å². The van der Waals surface area contributed by atoms with E-state index in [1.807, 2.05) is 37.2 Å². The molecule has 35 heavy (non-hydrogen) atoms. The molecular weight excluding hydrogens is 440 g/mol. The van der Waals surface area contributed by atoms with Gasteiger partial charge in [-0.1, -0.05) is 24.8 Å². The predicted octanol–water partition coefficient (Wildman–Crippen LogP) is 2.83. The van der Waals surface area contributed by atoms with E-state index < -0.39 is 0 Å². The minimum atomic E-state index is -0.0442. The van der Waals surface area contributed by atoms with E-state index in [1.165, 1.54) is 0 Å². The van der Waals surface area contributed by atoms with Crippen LogP contribution in [-0.4, -0.2) is 61.0 Å². The number of nitriles is 1. The van der Waals surface area contributed by atoms with E-state index in [0.717, 1.165) is 37.2 Å². The molecule has 0 saturated heterocycles. The van der Waals surface area contributed by atoms with Gasteiger partial charge in [-0.15, -0.1) is 0 Å². The third-order valence-corrected chi connectivity index (χ3v) is 4.59. The maximum absolute atomic E-state index is 11.8. The summed E-state index contributed by atoms with van der Waals surface area (Å²) < 4.78 is 0. The normalized spacial score (nSPS) is 10.4. The molecule has 0 fully saturated rings. The van der Waals surface area contributed by atoms with Gasteiger partial charge in [0.05, 0.1) is 29.9 Å². The number of carbonyl (C=O) groups excluding carboxylic acids is 1. The average molecular weight is 475 g/mol. The standard InChI is InChI=1S/C26H34N8O/c1-4-14-30-25-22(19-31-26(33-25)32-23-12-10-21(18-27)11-13-23)9-6-5-7-16-29-24(35)20-28-15-8-17-34(2)3/h8,10-13,15,19,28H,4-5,7,14,16-17,20H2,1-3H3,(H,29,35)(H2,30,31,32,33)/b15-8-. The first-order chi connectivity index (χ1) is 17.0. The lowest BCUT2D eigenvalue weighted by Crippen LogP contribution is -2.32. The Kier molecular flexibility index (Phi) is 12.2. The minimum Gasteiger partial charge on any atom is -0.382 e. The first-order valence-corrected chi connectivity index (χ1v) is 11.7. The summed E-state index contributed by atoms with van der Waals surface area (Å²) in [6.45, 7) is 4.50. The largest absolute Gasteiger partial charge is 0.382 e. The number of hydrogen-bond acceptors (Lipinski definition) is 8. The number of unbranched alkanes of at least 4 members (excludes halogenated alkanes) is 1. The summed E-state index contributed by atoms with van der Waals surface area (Å²) in [6.07, 6.45) is 7.81. The molecule has 9 nitrogen and oxygen atoms in total. The Bertz CT molecular complexity index is 1060. The maximum atomic E-state index is 11.8. The Morgan fingerprint density at radius 2 is 2.00 bits per heavy atom. The molecule has 0 bridgehead atoms. The number of nitrogens with one attached hydrogen (secondary N) is 4. The zero-order valence-corrected chi connectivity index (χ0v) is 20.7. The molecule has 184 valence electrons. The fourth-order valence-corrected chi connectivity index (χ4v) is 2.79. The Labute approximate surface area is 208 Å². The Balaban J connectivity index is 1.83. The van der Waals surface area contributed by atoms with Crippen LogP contribution in [-0.2, 0) is 4.79 Å². The molecule has 0 radical (unpaired) electrons. The second-order valence-corrected chi connectivity index (χ2v) is 8.00. The molecule has 0 atom stereocenters. The van der Waals surface area contributed by atoms with Gasteiger partial charge in [0.2, 0.25) is 11.9 Å². The highest BCUT2D eigenvalue weighted by atomic mass is 16.1. The van der Waals surface area contributed by atoms with E-state index in [2.05, 4.69) is 56.1 Å². The number of amides is 1. The second-order valence-electron chi connectivity index (χ2n) is 8.00. The van der Waals surface area contributed by atoms with E-state index in [9.17, 15) is 4.79 Å². The fourth-order valence-electron chi connectivity index (χ4n) is 2.79. The van der Waals surface area contributed by atoms with Crippen LogP contribution < -0.4 is 21.3 Å². The lowest BCUT2D eigenvalue weighted by molar-refractivity contribution is -0.120. The number of anilines is 3. The molecule has 9 heteroatoms. The van der Waals surface area contributed by atoms with Crippen LogP contribution in [0.25, 0.3) is 0 Å². The van der Waals surface area contributed by atoms with E-state index >= 15 is 0 Å². The zero-order chi connectivity index (χ0) is 25.3. The quantitative estimate of drug-likeness (QED) is 0.259. The lowest BCUT2D eigenvalue weighted by Gasteiger charge is -2.10. The molecule has 1 amide bonds. The van der Waals surface area contributed by atoms with E-state index in [0.29, 0.717) is 30.3 Å². The van der Waals surface area contributed by atoms with Crippen molar-refractivity contribution in [3.8, 4) is 17.9 Å². The molecule has 0 saturated carbocycles. The Morgan fingerprint density at radius 1 is 1.20 bits per heavy atom. The third-order valence-electron chi connectivity index (χ3n) is 4.59. The molecule has 0 unspecified atom stereocenters. The molecule has 0 aliphatic rings. The van der Waals surface area contributed by atoms with Crippen LogP contribution in [0.3, 0.4) is 0 Å². The first-order valence-electron chi connectivity index (χ1n) is 11.7. The second kappa shape index (κ2) is 15.7. The lowest BCUT2D eigenvalue weighted by atomic mass is 10.2. The van der Waals surface area contributed by atoms with Crippen LogP contribution in [0.15, 0.2) is 42.7 Å².